The molecular weight excluding hydrogens is 142 g/mol. The number of aliphatic carboxylic acids is 1. The molecule has 0 aliphatic heterocycles. The lowest BCUT2D eigenvalue weighted by molar-refractivity contribution is -0.137. The van der Waals surface area contributed by atoms with Crippen molar-refractivity contribution in [3.63, 3.8) is 0 Å². The van der Waals surface area contributed by atoms with Crippen molar-refractivity contribution < 1.29 is 18.7 Å². The zero-order valence-corrected chi connectivity index (χ0v) is 5.52. The van der Waals surface area contributed by atoms with Crippen molar-refractivity contribution in [2.24, 2.45) is 0 Å². The van der Waals surface area contributed by atoms with E-state index < -0.39 is 18.8 Å². The molecule has 10 heavy (non-hydrogen) atoms. The van der Waals surface area contributed by atoms with Gasteiger partial charge in [0.1, 0.15) is 12.8 Å². The average Bonchev–Trinajstić information content (AvgIpc) is 1.87. The van der Waals surface area contributed by atoms with Crippen LogP contribution in [0.25, 0.3) is 0 Å². The number of alkyl halides is 2. The van der Waals surface area contributed by atoms with Gasteiger partial charge >= 0.3 is 5.97 Å². The van der Waals surface area contributed by atoms with Crippen LogP contribution in [0.15, 0.2) is 0 Å². The quantitative estimate of drug-likeness (QED) is 0.648. The summed E-state index contributed by atoms with van der Waals surface area (Å²) in [7, 11) is 0. The minimum Gasteiger partial charge on any atom is -0.481 e. The number of halogens is 2. The Morgan fingerprint density at radius 3 is 2.60 bits per heavy atom. The third-order valence-electron chi connectivity index (χ3n) is 1.08. The molecule has 0 aliphatic carbocycles. The van der Waals surface area contributed by atoms with E-state index in [0.717, 1.165) is 0 Å². The first-order chi connectivity index (χ1) is 4.66. The van der Waals surface area contributed by atoms with Crippen molar-refractivity contribution in [2.45, 2.75) is 25.4 Å². The Hall–Kier alpha value is -0.670. The average molecular weight is 152 g/mol. The van der Waals surface area contributed by atoms with E-state index in [1.54, 1.807) is 0 Å². The minimum absolute atomic E-state index is 0.00278. The van der Waals surface area contributed by atoms with E-state index in [4.69, 9.17) is 5.11 Å². The summed E-state index contributed by atoms with van der Waals surface area (Å²) in [5, 5.41) is 8.08. The Morgan fingerprint density at radius 1 is 1.60 bits per heavy atom. The van der Waals surface area contributed by atoms with Crippen LogP contribution < -0.4 is 0 Å². The molecule has 0 rings (SSSR count). The molecule has 2 nitrogen and oxygen atoms in total. The van der Waals surface area contributed by atoms with E-state index in [2.05, 4.69) is 0 Å². The molecule has 0 aromatic heterocycles. The highest BCUT2D eigenvalue weighted by Crippen LogP contribution is 2.04. The molecule has 0 saturated heterocycles. The van der Waals surface area contributed by atoms with Crippen LogP contribution in [0, 0.1) is 0 Å². The van der Waals surface area contributed by atoms with Gasteiger partial charge in [-0.1, -0.05) is 0 Å². The van der Waals surface area contributed by atoms with Crippen molar-refractivity contribution >= 4 is 5.97 Å². The van der Waals surface area contributed by atoms with Crippen molar-refractivity contribution in [3.05, 3.63) is 0 Å². The van der Waals surface area contributed by atoms with Gasteiger partial charge in [0.25, 0.3) is 0 Å². The SMILES string of the molecule is O=C(O)CCCC(F)CF. The summed E-state index contributed by atoms with van der Waals surface area (Å²) in [4.78, 5) is 9.85. The van der Waals surface area contributed by atoms with Crippen molar-refractivity contribution in [1.82, 2.24) is 0 Å². The third kappa shape index (κ3) is 5.47. The van der Waals surface area contributed by atoms with Crippen LogP contribution in [-0.4, -0.2) is 23.9 Å². The Morgan fingerprint density at radius 2 is 2.20 bits per heavy atom. The van der Waals surface area contributed by atoms with Gasteiger partial charge in [-0.2, -0.15) is 0 Å². The van der Waals surface area contributed by atoms with E-state index in [1.807, 2.05) is 0 Å². The van der Waals surface area contributed by atoms with Crippen LogP contribution in [-0.2, 0) is 4.79 Å². The number of hydrogen-bond donors (Lipinski definition) is 1. The molecule has 0 fully saturated rings. The maximum Gasteiger partial charge on any atom is 0.303 e. The zero-order chi connectivity index (χ0) is 7.98. The van der Waals surface area contributed by atoms with E-state index in [-0.39, 0.29) is 19.3 Å². The fourth-order valence-electron chi connectivity index (χ4n) is 0.552. The topological polar surface area (TPSA) is 37.3 Å². The molecule has 0 amide bonds. The summed E-state index contributed by atoms with van der Waals surface area (Å²) >= 11 is 0. The van der Waals surface area contributed by atoms with Gasteiger partial charge in [-0.25, -0.2) is 8.78 Å². The number of carbonyl (C=O) groups is 1. The lowest BCUT2D eigenvalue weighted by Gasteiger charge is -1.99. The molecule has 0 aromatic rings. The van der Waals surface area contributed by atoms with Gasteiger partial charge in [0.05, 0.1) is 0 Å². The summed E-state index contributed by atoms with van der Waals surface area (Å²) < 4.78 is 23.4. The highest BCUT2D eigenvalue weighted by Gasteiger charge is 2.05. The maximum atomic E-state index is 12.0. The highest BCUT2D eigenvalue weighted by molar-refractivity contribution is 5.66. The normalized spacial score (nSPS) is 13.0. The number of carboxylic acids is 1. The highest BCUT2D eigenvalue weighted by atomic mass is 19.2. The van der Waals surface area contributed by atoms with E-state index in [1.165, 1.54) is 0 Å². The summed E-state index contributed by atoms with van der Waals surface area (Å²) in [6.45, 7) is -1.01. The molecule has 0 aromatic carbocycles. The lowest BCUT2D eigenvalue weighted by Crippen LogP contribution is -2.03. The van der Waals surface area contributed by atoms with Gasteiger partial charge < -0.3 is 5.11 Å². The molecular formula is C6H10F2O2. The predicted molar refractivity (Wildman–Crippen MR) is 32.4 cm³/mol. The summed E-state index contributed by atoms with van der Waals surface area (Å²) in [6, 6.07) is 0. The number of carboxylic acid groups (broad SMARTS) is 1. The van der Waals surface area contributed by atoms with Crippen LogP contribution in [0.4, 0.5) is 8.78 Å². The Balaban J connectivity index is 3.11. The van der Waals surface area contributed by atoms with Crippen LogP contribution in [0.3, 0.4) is 0 Å². The second kappa shape index (κ2) is 5.14. The van der Waals surface area contributed by atoms with Crippen LogP contribution in [0.1, 0.15) is 19.3 Å². The number of hydrogen-bond acceptors (Lipinski definition) is 1. The zero-order valence-electron chi connectivity index (χ0n) is 5.52. The van der Waals surface area contributed by atoms with Gasteiger partial charge in [0.2, 0.25) is 0 Å². The minimum atomic E-state index is -1.49. The van der Waals surface area contributed by atoms with Crippen LogP contribution in [0.2, 0.25) is 0 Å². The largest absolute Gasteiger partial charge is 0.481 e. The first-order valence-electron chi connectivity index (χ1n) is 3.08. The fourth-order valence-corrected chi connectivity index (χ4v) is 0.552. The van der Waals surface area contributed by atoms with Crippen molar-refractivity contribution in [1.29, 1.82) is 0 Å². The second-order valence-electron chi connectivity index (χ2n) is 2.04. The van der Waals surface area contributed by atoms with E-state index in [9.17, 15) is 13.6 Å². The molecule has 0 aliphatic rings. The summed E-state index contributed by atoms with van der Waals surface area (Å²) in [5.74, 6) is -0.967. The Kier molecular flexibility index (Phi) is 4.80. The van der Waals surface area contributed by atoms with Gasteiger partial charge in [0.15, 0.2) is 0 Å². The summed E-state index contributed by atoms with van der Waals surface area (Å²) in [6.07, 6.45) is -1.36. The Bertz CT molecular complexity index is 106. The van der Waals surface area contributed by atoms with E-state index >= 15 is 0 Å². The molecule has 4 heteroatoms. The smallest absolute Gasteiger partial charge is 0.303 e. The summed E-state index contributed by atoms with van der Waals surface area (Å²) in [5.41, 5.74) is 0. The molecule has 1 atom stereocenters. The van der Waals surface area contributed by atoms with Crippen molar-refractivity contribution in [2.75, 3.05) is 6.67 Å². The standard InChI is InChI=1S/C6H10F2O2/c7-4-5(8)2-1-3-6(9)10/h5H,1-4H2,(H,9,10). The maximum absolute atomic E-state index is 12.0. The molecule has 60 valence electrons. The first-order valence-corrected chi connectivity index (χ1v) is 3.08. The molecule has 0 saturated carbocycles. The first kappa shape index (κ1) is 9.33. The van der Waals surface area contributed by atoms with Crippen LogP contribution >= 0.6 is 0 Å². The van der Waals surface area contributed by atoms with Gasteiger partial charge in [-0.3, -0.25) is 4.79 Å². The lowest BCUT2D eigenvalue weighted by atomic mass is 10.2. The Labute approximate surface area is 57.9 Å². The molecule has 1 unspecified atom stereocenters. The van der Waals surface area contributed by atoms with Gasteiger partial charge in [0, 0.05) is 6.42 Å². The monoisotopic (exact) mass is 152 g/mol. The molecule has 0 radical (unpaired) electrons. The second-order valence-corrected chi connectivity index (χ2v) is 2.04. The van der Waals surface area contributed by atoms with Gasteiger partial charge in [-0.15, -0.1) is 0 Å². The van der Waals surface area contributed by atoms with Crippen molar-refractivity contribution in [3.8, 4) is 0 Å². The molecule has 1 N–H and O–H groups in total. The molecule has 0 spiro atoms. The number of rotatable bonds is 5. The predicted octanol–water partition coefficient (Wildman–Crippen LogP) is 1.55. The molecule has 0 heterocycles. The van der Waals surface area contributed by atoms with Crippen LogP contribution in [0.5, 0.6) is 0 Å². The fraction of sp³-hybridized carbons (Fsp3) is 0.833. The van der Waals surface area contributed by atoms with E-state index in [0.29, 0.717) is 0 Å². The molecule has 0 bridgehead atoms. The third-order valence-corrected chi connectivity index (χ3v) is 1.08. The van der Waals surface area contributed by atoms with Gasteiger partial charge in [-0.05, 0) is 12.8 Å².